The Hall–Kier alpha value is -1.39. The molecule has 2 unspecified atom stereocenters. The molecule has 0 amide bonds. The van der Waals surface area contributed by atoms with Gasteiger partial charge in [-0.2, -0.15) is 0 Å². The van der Waals surface area contributed by atoms with E-state index in [9.17, 15) is 4.79 Å². The van der Waals surface area contributed by atoms with Gasteiger partial charge in [-0.25, -0.2) is 0 Å². The van der Waals surface area contributed by atoms with Crippen molar-refractivity contribution in [2.24, 2.45) is 5.92 Å². The van der Waals surface area contributed by atoms with Crippen LogP contribution in [0.1, 0.15) is 37.8 Å². The highest BCUT2D eigenvalue weighted by molar-refractivity contribution is 5.74. The maximum absolute atomic E-state index is 12.1. The average molecular weight is 306 g/mol. The van der Waals surface area contributed by atoms with Crippen molar-refractivity contribution in [2.75, 3.05) is 20.3 Å². The fraction of sp³-hybridized carbons (Fsp3) is 0.611. The monoisotopic (exact) mass is 306 g/mol. The van der Waals surface area contributed by atoms with Crippen LogP contribution in [-0.2, 0) is 24.4 Å². The predicted molar refractivity (Wildman–Crippen MR) is 84.6 cm³/mol. The Bertz CT molecular complexity index is 508. The van der Waals surface area contributed by atoms with Crippen molar-refractivity contribution < 1.29 is 19.0 Å². The Morgan fingerprint density at radius 2 is 2.09 bits per heavy atom. The summed E-state index contributed by atoms with van der Waals surface area (Å²) < 4.78 is 16.1. The molecule has 4 heteroatoms. The van der Waals surface area contributed by atoms with Crippen molar-refractivity contribution >= 4 is 5.97 Å². The Kier molecular flexibility index (Phi) is 5.59. The van der Waals surface area contributed by atoms with Gasteiger partial charge >= 0.3 is 5.97 Å². The first-order valence-corrected chi connectivity index (χ1v) is 7.85. The van der Waals surface area contributed by atoms with Gasteiger partial charge in [-0.15, -0.1) is 0 Å². The first-order valence-electron chi connectivity index (χ1n) is 7.85. The van der Waals surface area contributed by atoms with Crippen LogP contribution in [0.25, 0.3) is 0 Å². The van der Waals surface area contributed by atoms with E-state index in [4.69, 9.17) is 14.2 Å². The number of hydrogen-bond donors (Lipinski definition) is 0. The van der Waals surface area contributed by atoms with E-state index in [0.717, 1.165) is 18.4 Å². The van der Waals surface area contributed by atoms with E-state index in [-0.39, 0.29) is 23.6 Å². The number of benzene rings is 1. The lowest BCUT2D eigenvalue weighted by Gasteiger charge is -2.35. The molecule has 0 spiro atoms. The molecule has 1 aromatic rings. The summed E-state index contributed by atoms with van der Waals surface area (Å²) in [6.45, 7) is 7.43. The van der Waals surface area contributed by atoms with Gasteiger partial charge in [-0.3, -0.25) is 4.79 Å². The molecule has 0 N–H and O–H groups in total. The summed E-state index contributed by atoms with van der Waals surface area (Å²) in [5.41, 5.74) is 2.03. The zero-order valence-electron chi connectivity index (χ0n) is 13.9. The second-order valence-electron chi connectivity index (χ2n) is 6.24. The third-order valence-corrected chi connectivity index (χ3v) is 4.78. The van der Waals surface area contributed by atoms with Crippen molar-refractivity contribution in [3.05, 3.63) is 35.4 Å². The molecular formula is C18H26O4. The summed E-state index contributed by atoms with van der Waals surface area (Å²) in [6, 6.07) is 8.34. The summed E-state index contributed by atoms with van der Waals surface area (Å²) in [5, 5.41) is 0. The first-order chi connectivity index (χ1) is 10.5. The fourth-order valence-electron chi connectivity index (χ4n) is 3.04. The fourth-order valence-corrected chi connectivity index (χ4v) is 3.04. The average Bonchev–Trinajstić information content (AvgIpc) is 3.04. The molecular weight excluding hydrogens is 280 g/mol. The van der Waals surface area contributed by atoms with Crippen LogP contribution in [0.5, 0.6) is 0 Å². The van der Waals surface area contributed by atoms with Crippen LogP contribution < -0.4 is 0 Å². The van der Waals surface area contributed by atoms with Crippen LogP contribution >= 0.6 is 0 Å². The third kappa shape index (κ3) is 3.68. The molecule has 1 aliphatic heterocycles. The summed E-state index contributed by atoms with van der Waals surface area (Å²) in [6.07, 6.45) is 1.41. The lowest BCUT2D eigenvalue weighted by Crippen LogP contribution is -2.37. The molecule has 2 atom stereocenters. The number of esters is 1. The Morgan fingerprint density at radius 3 is 2.68 bits per heavy atom. The molecule has 1 heterocycles. The standard InChI is InChI=1S/C18H26O4/c1-13-6-5-7-15(12-13)18(3,14(2)17(19)20-4)9-8-16-21-10-11-22-16/h5-7,12,14,16H,8-11H2,1-4H3. The van der Waals surface area contributed by atoms with Gasteiger partial charge in [0.1, 0.15) is 0 Å². The predicted octanol–water partition coefficient (Wildman–Crippen LogP) is 3.21. The highest BCUT2D eigenvalue weighted by Crippen LogP contribution is 2.38. The quantitative estimate of drug-likeness (QED) is 0.757. The Morgan fingerprint density at radius 1 is 1.41 bits per heavy atom. The number of ether oxygens (including phenoxy) is 3. The Balaban J connectivity index is 2.24. The molecule has 0 aliphatic carbocycles. The van der Waals surface area contributed by atoms with Gasteiger partial charge in [-0.05, 0) is 25.3 Å². The molecule has 1 aromatic carbocycles. The third-order valence-electron chi connectivity index (χ3n) is 4.78. The van der Waals surface area contributed by atoms with Crippen LogP contribution in [0, 0.1) is 12.8 Å². The smallest absolute Gasteiger partial charge is 0.309 e. The van der Waals surface area contributed by atoms with E-state index in [1.807, 2.05) is 13.0 Å². The van der Waals surface area contributed by atoms with Gasteiger partial charge in [0.25, 0.3) is 0 Å². The van der Waals surface area contributed by atoms with E-state index in [2.05, 4.69) is 32.0 Å². The van der Waals surface area contributed by atoms with Crippen molar-refractivity contribution in [3.63, 3.8) is 0 Å². The first kappa shape index (κ1) is 17.0. The minimum Gasteiger partial charge on any atom is -0.469 e. The largest absolute Gasteiger partial charge is 0.469 e. The summed E-state index contributed by atoms with van der Waals surface area (Å²) in [7, 11) is 1.44. The summed E-state index contributed by atoms with van der Waals surface area (Å²) in [4.78, 5) is 12.1. The lowest BCUT2D eigenvalue weighted by atomic mass is 9.69. The summed E-state index contributed by atoms with van der Waals surface area (Å²) >= 11 is 0. The van der Waals surface area contributed by atoms with E-state index < -0.39 is 0 Å². The van der Waals surface area contributed by atoms with Crippen molar-refractivity contribution in [1.82, 2.24) is 0 Å². The number of aryl methyl sites for hydroxylation is 1. The van der Waals surface area contributed by atoms with Crippen molar-refractivity contribution in [3.8, 4) is 0 Å². The minimum atomic E-state index is -0.311. The van der Waals surface area contributed by atoms with Crippen molar-refractivity contribution in [2.45, 2.75) is 45.3 Å². The molecule has 4 nitrogen and oxygen atoms in total. The number of methoxy groups -OCH3 is 1. The number of carbonyl (C=O) groups excluding carboxylic acids is 1. The topological polar surface area (TPSA) is 44.8 Å². The molecule has 0 aromatic heterocycles. The van der Waals surface area contributed by atoms with Crippen LogP contribution in [0.2, 0.25) is 0 Å². The van der Waals surface area contributed by atoms with Crippen LogP contribution in [0.3, 0.4) is 0 Å². The lowest BCUT2D eigenvalue weighted by molar-refractivity contribution is -0.147. The van der Waals surface area contributed by atoms with E-state index in [1.165, 1.54) is 12.7 Å². The van der Waals surface area contributed by atoms with Gasteiger partial charge in [0.15, 0.2) is 6.29 Å². The van der Waals surface area contributed by atoms with Crippen molar-refractivity contribution in [1.29, 1.82) is 0 Å². The molecule has 0 radical (unpaired) electrons. The second kappa shape index (κ2) is 7.25. The SMILES string of the molecule is COC(=O)C(C)C(C)(CCC1OCCO1)c1cccc(C)c1. The molecule has 2 rings (SSSR count). The zero-order chi connectivity index (χ0) is 16.2. The summed E-state index contributed by atoms with van der Waals surface area (Å²) in [5.74, 6) is -0.419. The molecule has 122 valence electrons. The molecule has 1 saturated heterocycles. The van der Waals surface area contributed by atoms with Crippen LogP contribution in [-0.4, -0.2) is 32.6 Å². The molecule has 22 heavy (non-hydrogen) atoms. The molecule has 0 saturated carbocycles. The van der Waals surface area contributed by atoms with Crippen LogP contribution in [0.15, 0.2) is 24.3 Å². The highest BCUT2D eigenvalue weighted by Gasteiger charge is 2.39. The van der Waals surface area contributed by atoms with E-state index in [1.54, 1.807) is 0 Å². The molecule has 1 fully saturated rings. The molecule has 0 bridgehead atoms. The van der Waals surface area contributed by atoms with Crippen LogP contribution in [0.4, 0.5) is 0 Å². The molecule has 1 aliphatic rings. The number of rotatable bonds is 6. The van der Waals surface area contributed by atoms with Gasteiger partial charge in [0, 0.05) is 5.41 Å². The Labute approximate surface area is 132 Å². The number of carbonyl (C=O) groups is 1. The number of hydrogen-bond acceptors (Lipinski definition) is 4. The highest BCUT2D eigenvalue weighted by atomic mass is 16.7. The van der Waals surface area contributed by atoms with E-state index in [0.29, 0.717) is 13.2 Å². The zero-order valence-corrected chi connectivity index (χ0v) is 13.9. The van der Waals surface area contributed by atoms with Gasteiger partial charge < -0.3 is 14.2 Å². The van der Waals surface area contributed by atoms with E-state index >= 15 is 0 Å². The van der Waals surface area contributed by atoms with Gasteiger partial charge in [0.05, 0.1) is 26.2 Å². The maximum atomic E-state index is 12.1. The van der Waals surface area contributed by atoms with Gasteiger partial charge in [0.2, 0.25) is 0 Å². The maximum Gasteiger partial charge on any atom is 0.309 e. The second-order valence-corrected chi connectivity index (χ2v) is 6.24. The minimum absolute atomic E-state index is 0.158. The van der Waals surface area contributed by atoms with Gasteiger partial charge in [-0.1, -0.05) is 43.7 Å². The normalized spacial score (nSPS) is 19.6.